The van der Waals surface area contributed by atoms with E-state index in [4.69, 9.17) is 9.84 Å². The maximum atomic E-state index is 12.4. The molecule has 0 saturated heterocycles. The number of aryl methyl sites for hydroxylation is 2. The van der Waals surface area contributed by atoms with Crippen LogP contribution in [0, 0.1) is 13.8 Å². The molecule has 3 aromatic carbocycles. The summed E-state index contributed by atoms with van der Waals surface area (Å²) in [5, 5.41) is 9.01. The zero-order chi connectivity index (χ0) is 23.3. The molecule has 0 unspecified atom stereocenters. The van der Waals surface area contributed by atoms with E-state index >= 15 is 0 Å². The molecule has 0 fully saturated rings. The van der Waals surface area contributed by atoms with Gasteiger partial charge < -0.3 is 14.6 Å². The lowest BCUT2D eigenvalue weighted by Gasteiger charge is -2.13. The van der Waals surface area contributed by atoms with Crippen molar-refractivity contribution < 1.29 is 32.5 Å². The summed E-state index contributed by atoms with van der Waals surface area (Å²) >= 11 is 0. The molecule has 0 radical (unpaired) electrons. The maximum Gasteiger partial charge on any atom is 0.573 e. The Morgan fingerprint density at radius 3 is 2.16 bits per heavy atom. The van der Waals surface area contributed by atoms with Crippen molar-refractivity contribution in [3.8, 4) is 22.6 Å². The zero-order valence-corrected chi connectivity index (χ0v) is 17.4. The van der Waals surface area contributed by atoms with Crippen LogP contribution in [0.25, 0.3) is 17.2 Å². The predicted molar refractivity (Wildman–Crippen MR) is 115 cm³/mol. The molecule has 3 aromatic rings. The molecule has 0 saturated carbocycles. The summed E-state index contributed by atoms with van der Waals surface area (Å²) in [7, 11) is 0. The van der Waals surface area contributed by atoms with Gasteiger partial charge in [0.05, 0.1) is 0 Å². The van der Waals surface area contributed by atoms with Gasteiger partial charge in [0.25, 0.3) is 0 Å². The smallest absolute Gasteiger partial charge is 0.488 e. The van der Waals surface area contributed by atoms with Crippen LogP contribution in [0.3, 0.4) is 0 Å². The topological polar surface area (TPSA) is 55.8 Å². The van der Waals surface area contributed by atoms with Crippen LogP contribution in [-0.4, -0.2) is 17.4 Å². The third-order valence-electron chi connectivity index (χ3n) is 4.51. The second-order valence-electron chi connectivity index (χ2n) is 7.28. The predicted octanol–water partition coefficient (Wildman–Crippen LogP) is 6.55. The molecular formula is C25H21F3O4. The van der Waals surface area contributed by atoms with E-state index in [0.29, 0.717) is 29.0 Å². The first-order chi connectivity index (χ1) is 15.1. The van der Waals surface area contributed by atoms with Gasteiger partial charge in [-0.05, 0) is 60.9 Å². The van der Waals surface area contributed by atoms with Crippen molar-refractivity contribution in [1.29, 1.82) is 0 Å². The minimum atomic E-state index is -4.76. The Kier molecular flexibility index (Phi) is 6.88. The van der Waals surface area contributed by atoms with Crippen molar-refractivity contribution in [2.45, 2.75) is 26.8 Å². The first-order valence-electron chi connectivity index (χ1n) is 9.70. The fourth-order valence-electron chi connectivity index (χ4n) is 3.31. The molecule has 1 N–H and O–H groups in total. The van der Waals surface area contributed by atoms with E-state index in [9.17, 15) is 18.0 Å². The summed E-state index contributed by atoms with van der Waals surface area (Å²) in [5.74, 6) is -0.938. The fourth-order valence-corrected chi connectivity index (χ4v) is 3.31. The van der Waals surface area contributed by atoms with Crippen molar-refractivity contribution in [3.63, 3.8) is 0 Å². The second-order valence-corrected chi connectivity index (χ2v) is 7.28. The summed E-state index contributed by atoms with van der Waals surface area (Å²) in [6.07, 6.45) is -2.34. The van der Waals surface area contributed by atoms with Gasteiger partial charge >= 0.3 is 12.3 Å². The lowest BCUT2D eigenvalue weighted by molar-refractivity contribution is -0.274. The maximum absolute atomic E-state index is 12.4. The molecule has 0 amide bonds. The average Bonchev–Trinajstić information content (AvgIpc) is 2.69. The number of carboxylic acid groups (broad SMARTS) is 1. The molecular weight excluding hydrogens is 421 g/mol. The number of halogens is 3. The van der Waals surface area contributed by atoms with Crippen LogP contribution in [0.1, 0.15) is 22.3 Å². The molecule has 32 heavy (non-hydrogen) atoms. The Hall–Kier alpha value is -3.74. The van der Waals surface area contributed by atoms with Crippen LogP contribution in [-0.2, 0) is 11.4 Å². The van der Waals surface area contributed by atoms with Crippen molar-refractivity contribution in [3.05, 3.63) is 89.0 Å². The molecule has 0 aliphatic carbocycles. The van der Waals surface area contributed by atoms with Gasteiger partial charge in [0.15, 0.2) is 0 Å². The molecule has 0 aliphatic heterocycles. The van der Waals surface area contributed by atoms with Crippen LogP contribution in [0.4, 0.5) is 13.2 Å². The molecule has 0 aromatic heterocycles. The number of benzene rings is 3. The number of ether oxygens (including phenoxy) is 2. The Morgan fingerprint density at radius 2 is 1.56 bits per heavy atom. The first-order valence-corrected chi connectivity index (χ1v) is 9.70. The number of hydrogen-bond donors (Lipinski definition) is 1. The number of aliphatic carboxylic acids is 1. The highest BCUT2D eigenvalue weighted by atomic mass is 19.4. The van der Waals surface area contributed by atoms with Crippen LogP contribution < -0.4 is 9.47 Å². The molecule has 0 aliphatic rings. The fraction of sp³-hybridized carbons (Fsp3) is 0.160. The van der Waals surface area contributed by atoms with Gasteiger partial charge in [-0.2, -0.15) is 0 Å². The summed E-state index contributed by atoms with van der Waals surface area (Å²) in [5.41, 5.74) is 5.08. The molecule has 3 rings (SSSR count). The van der Waals surface area contributed by atoms with E-state index in [-0.39, 0.29) is 5.75 Å². The number of rotatable bonds is 7. The largest absolute Gasteiger partial charge is 0.573 e. The number of hydrogen-bond acceptors (Lipinski definition) is 3. The van der Waals surface area contributed by atoms with Gasteiger partial charge in [-0.3, -0.25) is 0 Å². The normalized spacial score (nSPS) is 11.5. The van der Waals surface area contributed by atoms with Crippen LogP contribution >= 0.6 is 0 Å². The van der Waals surface area contributed by atoms with Crippen molar-refractivity contribution in [2.75, 3.05) is 0 Å². The Labute approximate surface area is 183 Å². The Balaban J connectivity index is 1.86. The number of carbonyl (C=O) groups is 1. The van der Waals surface area contributed by atoms with Crippen molar-refractivity contribution in [2.24, 2.45) is 0 Å². The summed E-state index contributed by atoms with van der Waals surface area (Å²) in [4.78, 5) is 11.0. The first kappa shape index (κ1) is 22.9. The quantitative estimate of drug-likeness (QED) is 0.422. The standard InChI is InChI=1S/C25H21F3O4/c1-16-11-17(2)13-18(12-16)15-31-23-9-5-20(14-21(23)6-10-24(29)30)19-3-7-22(8-4-19)32-25(26,27)28/h3-14H,15H2,1-2H3,(H,29,30)/b10-6+. The highest BCUT2D eigenvalue weighted by Crippen LogP contribution is 2.31. The van der Waals surface area contributed by atoms with E-state index in [1.165, 1.54) is 30.3 Å². The van der Waals surface area contributed by atoms with Crippen molar-refractivity contribution >= 4 is 12.0 Å². The molecule has 0 spiro atoms. The minimum absolute atomic E-state index is 0.305. The van der Waals surface area contributed by atoms with Gasteiger partial charge in [0.2, 0.25) is 0 Å². The Morgan fingerprint density at radius 1 is 0.938 bits per heavy atom. The SMILES string of the molecule is Cc1cc(C)cc(COc2ccc(-c3ccc(OC(F)(F)F)cc3)cc2/C=C/C(=O)O)c1. The van der Waals surface area contributed by atoms with Crippen LogP contribution in [0.5, 0.6) is 11.5 Å². The van der Waals surface area contributed by atoms with Crippen LogP contribution in [0.2, 0.25) is 0 Å². The summed E-state index contributed by atoms with van der Waals surface area (Å²) in [6, 6.07) is 16.7. The van der Waals surface area contributed by atoms with Gasteiger partial charge in [0.1, 0.15) is 18.1 Å². The molecule has 0 heterocycles. The highest BCUT2D eigenvalue weighted by molar-refractivity contribution is 5.86. The molecule has 7 heteroatoms. The minimum Gasteiger partial charge on any atom is -0.488 e. The monoisotopic (exact) mass is 442 g/mol. The average molecular weight is 442 g/mol. The zero-order valence-electron chi connectivity index (χ0n) is 17.4. The van der Waals surface area contributed by atoms with Crippen molar-refractivity contribution in [1.82, 2.24) is 0 Å². The van der Waals surface area contributed by atoms with E-state index < -0.39 is 12.3 Å². The van der Waals surface area contributed by atoms with E-state index in [1.54, 1.807) is 18.2 Å². The molecule has 166 valence electrons. The van der Waals surface area contributed by atoms with E-state index in [2.05, 4.69) is 10.8 Å². The van der Waals surface area contributed by atoms with Crippen LogP contribution in [0.15, 0.2) is 66.7 Å². The van der Waals surface area contributed by atoms with Gasteiger partial charge in [-0.1, -0.05) is 47.5 Å². The molecule has 4 nitrogen and oxygen atoms in total. The summed E-state index contributed by atoms with van der Waals surface area (Å²) < 4.78 is 46.9. The lowest BCUT2D eigenvalue weighted by atomic mass is 10.0. The number of alkyl halides is 3. The van der Waals surface area contributed by atoms with E-state index in [0.717, 1.165) is 22.8 Å². The van der Waals surface area contributed by atoms with Gasteiger partial charge in [-0.25, -0.2) is 4.79 Å². The highest BCUT2D eigenvalue weighted by Gasteiger charge is 2.30. The van der Waals surface area contributed by atoms with E-state index in [1.807, 2.05) is 26.0 Å². The lowest BCUT2D eigenvalue weighted by Crippen LogP contribution is -2.16. The summed E-state index contributed by atoms with van der Waals surface area (Å²) in [6.45, 7) is 4.30. The third-order valence-corrected chi connectivity index (χ3v) is 4.51. The molecule has 0 bridgehead atoms. The van der Waals surface area contributed by atoms with Gasteiger partial charge in [-0.15, -0.1) is 13.2 Å². The molecule has 0 atom stereocenters. The number of carboxylic acids is 1. The second kappa shape index (κ2) is 9.60. The Bertz CT molecular complexity index is 1110. The van der Waals surface area contributed by atoms with Gasteiger partial charge in [0, 0.05) is 11.6 Å². The third kappa shape index (κ3) is 6.63.